The first-order valence-electron chi connectivity index (χ1n) is 9.91. The standard InChI is InChI=1S/C25H18N2O4S/c1-15(28)27(17-8-10-18(30-2)11-9-17)25-26-22(14-32-25)21-13-20-19-6-4-3-5-16(19)7-12-23(20)31-24(21)29/h3-14H,1-2H3. The van der Waals surface area contributed by atoms with Crippen LogP contribution in [0.2, 0.25) is 0 Å². The molecule has 0 unspecified atom stereocenters. The number of rotatable bonds is 4. The van der Waals surface area contributed by atoms with Crippen molar-refractivity contribution in [1.29, 1.82) is 0 Å². The molecule has 1 amide bonds. The number of thiazole rings is 1. The Morgan fingerprint density at radius 3 is 2.56 bits per heavy atom. The van der Waals surface area contributed by atoms with E-state index in [2.05, 4.69) is 4.98 Å². The van der Waals surface area contributed by atoms with Crippen LogP contribution in [0.1, 0.15) is 6.92 Å². The van der Waals surface area contributed by atoms with E-state index in [0.717, 1.165) is 16.2 Å². The first-order chi connectivity index (χ1) is 15.5. The lowest BCUT2D eigenvalue weighted by molar-refractivity contribution is -0.115. The van der Waals surface area contributed by atoms with Gasteiger partial charge in [0.25, 0.3) is 0 Å². The number of fused-ring (bicyclic) bond motifs is 3. The molecule has 0 spiro atoms. The first kappa shape index (κ1) is 20.0. The summed E-state index contributed by atoms with van der Waals surface area (Å²) in [5, 5.41) is 5.12. The van der Waals surface area contributed by atoms with E-state index in [0.29, 0.717) is 33.4 Å². The van der Waals surface area contributed by atoms with Crippen LogP contribution in [0.4, 0.5) is 10.8 Å². The quantitative estimate of drug-likeness (QED) is 0.261. The fraction of sp³-hybridized carbons (Fsp3) is 0.0800. The molecule has 158 valence electrons. The van der Waals surface area contributed by atoms with Gasteiger partial charge in [0, 0.05) is 17.7 Å². The smallest absolute Gasteiger partial charge is 0.345 e. The number of carbonyl (C=O) groups is 1. The molecule has 0 atom stereocenters. The summed E-state index contributed by atoms with van der Waals surface area (Å²) < 4.78 is 10.8. The van der Waals surface area contributed by atoms with Crippen molar-refractivity contribution in [2.24, 2.45) is 0 Å². The highest BCUT2D eigenvalue weighted by molar-refractivity contribution is 7.14. The molecule has 2 aromatic heterocycles. The topological polar surface area (TPSA) is 72.6 Å². The predicted molar refractivity (Wildman–Crippen MR) is 127 cm³/mol. The molecule has 6 nitrogen and oxygen atoms in total. The molecule has 2 heterocycles. The highest BCUT2D eigenvalue weighted by Gasteiger charge is 2.20. The Labute approximate surface area is 187 Å². The second-order valence-electron chi connectivity index (χ2n) is 7.21. The average Bonchev–Trinajstić information content (AvgIpc) is 3.28. The van der Waals surface area contributed by atoms with Gasteiger partial charge in [0.05, 0.1) is 24.1 Å². The molecular weight excluding hydrogens is 424 g/mol. The number of hydrogen-bond donors (Lipinski definition) is 0. The molecule has 0 aliphatic rings. The Morgan fingerprint density at radius 2 is 1.81 bits per heavy atom. The van der Waals surface area contributed by atoms with Crippen molar-refractivity contribution >= 4 is 49.8 Å². The maximum Gasteiger partial charge on any atom is 0.345 e. The fourth-order valence-corrected chi connectivity index (χ4v) is 4.59. The molecule has 0 fully saturated rings. The van der Waals surface area contributed by atoms with Gasteiger partial charge in [-0.3, -0.25) is 9.69 Å². The number of anilines is 2. The summed E-state index contributed by atoms with van der Waals surface area (Å²) in [6.45, 7) is 1.47. The minimum absolute atomic E-state index is 0.187. The summed E-state index contributed by atoms with van der Waals surface area (Å²) >= 11 is 1.29. The van der Waals surface area contributed by atoms with Crippen molar-refractivity contribution in [1.82, 2.24) is 4.98 Å². The summed E-state index contributed by atoms with van der Waals surface area (Å²) in [5.74, 6) is 0.505. The van der Waals surface area contributed by atoms with Crippen molar-refractivity contribution in [2.45, 2.75) is 6.92 Å². The highest BCUT2D eigenvalue weighted by atomic mass is 32.1. The number of carbonyl (C=O) groups excluding carboxylic acids is 1. The molecule has 5 aromatic rings. The normalized spacial score (nSPS) is 11.1. The van der Waals surface area contributed by atoms with Gasteiger partial charge in [-0.25, -0.2) is 9.78 Å². The molecule has 0 N–H and O–H groups in total. The van der Waals surface area contributed by atoms with Gasteiger partial charge >= 0.3 is 5.63 Å². The van der Waals surface area contributed by atoms with E-state index in [1.54, 1.807) is 42.8 Å². The van der Waals surface area contributed by atoms with E-state index in [9.17, 15) is 9.59 Å². The molecule has 0 aliphatic carbocycles. The maximum atomic E-state index is 12.7. The number of nitrogens with zero attached hydrogens (tertiary/aromatic N) is 2. The third kappa shape index (κ3) is 3.42. The lowest BCUT2D eigenvalue weighted by Gasteiger charge is -2.18. The summed E-state index contributed by atoms with van der Waals surface area (Å²) in [6.07, 6.45) is 0. The number of ether oxygens (including phenoxy) is 1. The van der Waals surface area contributed by atoms with Gasteiger partial charge in [-0.15, -0.1) is 11.3 Å². The molecule has 3 aromatic carbocycles. The molecule has 0 bridgehead atoms. The second kappa shape index (κ2) is 7.94. The van der Waals surface area contributed by atoms with Gasteiger partial charge in [0.1, 0.15) is 11.3 Å². The molecule has 0 aliphatic heterocycles. The number of aromatic nitrogens is 1. The average molecular weight is 442 g/mol. The SMILES string of the molecule is COc1ccc(N(C(C)=O)c2nc(-c3cc4c(ccc5ccccc54)oc3=O)cs2)cc1. The Balaban J connectivity index is 1.61. The van der Waals surface area contributed by atoms with Crippen LogP contribution in [0, 0.1) is 0 Å². The Kier molecular flexibility index (Phi) is 4.95. The molecule has 0 saturated carbocycles. The zero-order valence-corrected chi connectivity index (χ0v) is 18.2. The van der Waals surface area contributed by atoms with Crippen molar-refractivity contribution < 1.29 is 13.9 Å². The molecule has 0 radical (unpaired) electrons. The summed E-state index contributed by atoms with van der Waals surface area (Å²) in [5.41, 5.74) is 1.54. The van der Waals surface area contributed by atoms with Gasteiger partial charge in [-0.05, 0) is 47.2 Å². The summed E-state index contributed by atoms with van der Waals surface area (Å²) in [7, 11) is 1.59. The molecule has 0 saturated heterocycles. The highest BCUT2D eigenvalue weighted by Crippen LogP contribution is 2.34. The number of hydrogen-bond acceptors (Lipinski definition) is 6. The molecule has 32 heavy (non-hydrogen) atoms. The van der Waals surface area contributed by atoms with Crippen LogP contribution >= 0.6 is 11.3 Å². The second-order valence-corrected chi connectivity index (χ2v) is 8.05. The van der Waals surface area contributed by atoms with Gasteiger partial charge in [0.2, 0.25) is 5.91 Å². The van der Waals surface area contributed by atoms with Crippen molar-refractivity contribution in [3.05, 3.63) is 82.5 Å². The summed E-state index contributed by atoms with van der Waals surface area (Å²) in [6, 6.07) is 20.6. The van der Waals surface area contributed by atoms with Crippen LogP contribution in [0.15, 0.2) is 81.3 Å². The van der Waals surface area contributed by atoms with Crippen molar-refractivity contribution in [3.63, 3.8) is 0 Å². The van der Waals surface area contributed by atoms with E-state index in [1.807, 2.05) is 36.4 Å². The van der Waals surface area contributed by atoms with Gasteiger partial charge < -0.3 is 9.15 Å². The Bertz CT molecular complexity index is 1520. The zero-order chi connectivity index (χ0) is 22.2. The van der Waals surface area contributed by atoms with Crippen LogP contribution in [-0.4, -0.2) is 18.0 Å². The minimum atomic E-state index is -0.469. The summed E-state index contributed by atoms with van der Waals surface area (Å²) in [4.78, 5) is 31.2. The van der Waals surface area contributed by atoms with Crippen molar-refractivity contribution in [3.8, 4) is 17.0 Å². The first-order valence-corrected chi connectivity index (χ1v) is 10.8. The largest absolute Gasteiger partial charge is 0.497 e. The number of benzene rings is 3. The number of methoxy groups -OCH3 is 1. The monoisotopic (exact) mass is 442 g/mol. The van der Waals surface area contributed by atoms with Crippen LogP contribution in [0.5, 0.6) is 5.75 Å². The maximum absolute atomic E-state index is 12.7. The van der Waals surface area contributed by atoms with Gasteiger partial charge in [-0.1, -0.05) is 30.3 Å². The predicted octanol–water partition coefficient (Wildman–Crippen LogP) is 5.76. The van der Waals surface area contributed by atoms with E-state index in [4.69, 9.17) is 9.15 Å². The fourth-order valence-electron chi connectivity index (χ4n) is 3.70. The van der Waals surface area contributed by atoms with Crippen LogP contribution in [-0.2, 0) is 4.79 Å². The molecule has 5 rings (SSSR count). The Hall–Kier alpha value is -3.97. The van der Waals surface area contributed by atoms with Crippen LogP contribution in [0.3, 0.4) is 0 Å². The van der Waals surface area contributed by atoms with Crippen molar-refractivity contribution in [2.75, 3.05) is 12.0 Å². The van der Waals surface area contributed by atoms with E-state index in [-0.39, 0.29) is 5.91 Å². The molecule has 7 heteroatoms. The molecular formula is C25H18N2O4S. The third-order valence-corrected chi connectivity index (χ3v) is 6.07. The third-order valence-electron chi connectivity index (χ3n) is 5.25. The minimum Gasteiger partial charge on any atom is -0.497 e. The number of amides is 1. The lowest BCUT2D eigenvalue weighted by Crippen LogP contribution is -2.22. The van der Waals surface area contributed by atoms with Gasteiger partial charge in [0.15, 0.2) is 5.13 Å². The lowest BCUT2D eigenvalue weighted by atomic mass is 10.0. The van der Waals surface area contributed by atoms with Crippen LogP contribution < -0.4 is 15.3 Å². The zero-order valence-electron chi connectivity index (χ0n) is 17.4. The van der Waals surface area contributed by atoms with E-state index >= 15 is 0 Å². The van der Waals surface area contributed by atoms with E-state index < -0.39 is 5.63 Å². The Morgan fingerprint density at radius 1 is 1.03 bits per heavy atom. The van der Waals surface area contributed by atoms with Gasteiger partial charge in [-0.2, -0.15) is 0 Å². The van der Waals surface area contributed by atoms with E-state index in [1.165, 1.54) is 23.2 Å². The van der Waals surface area contributed by atoms with Crippen LogP contribution in [0.25, 0.3) is 33.0 Å².